The first kappa shape index (κ1) is 14.0. The monoisotopic (exact) mass is 267 g/mol. The van der Waals surface area contributed by atoms with Gasteiger partial charge in [0.15, 0.2) is 0 Å². The van der Waals surface area contributed by atoms with Crippen molar-refractivity contribution >= 4 is 11.3 Å². The largest absolute Gasteiger partial charge is 0.314 e. The smallest absolute Gasteiger partial charge is 0.110 e. The topological polar surface area (TPSA) is 28.2 Å². The van der Waals surface area contributed by atoms with E-state index in [2.05, 4.69) is 31.0 Å². The highest BCUT2D eigenvalue weighted by molar-refractivity contribution is 7.11. The van der Waals surface area contributed by atoms with Gasteiger partial charge >= 0.3 is 0 Å². The maximum absolute atomic E-state index is 4.88. The lowest BCUT2D eigenvalue weighted by atomic mass is 10.1. The molecular formula is C14H25N3S. The molecule has 0 aliphatic carbocycles. The van der Waals surface area contributed by atoms with Gasteiger partial charge in [0.2, 0.25) is 0 Å². The molecule has 0 spiro atoms. The Labute approximate surface area is 115 Å². The molecule has 1 fully saturated rings. The lowest BCUT2D eigenvalue weighted by Gasteiger charge is -2.33. The van der Waals surface area contributed by atoms with Gasteiger partial charge in [-0.1, -0.05) is 20.3 Å². The Morgan fingerprint density at radius 1 is 1.33 bits per heavy atom. The normalized spacial score (nSPS) is 19.1. The van der Waals surface area contributed by atoms with Gasteiger partial charge in [0.05, 0.1) is 11.7 Å². The zero-order valence-corrected chi connectivity index (χ0v) is 12.6. The van der Waals surface area contributed by atoms with Crippen molar-refractivity contribution in [1.29, 1.82) is 0 Å². The van der Waals surface area contributed by atoms with Crippen LogP contribution in [0.25, 0.3) is 0 Å². The first-order chi connectivity index (χ1) is 8.76. The summed E-state index contributed by atoms with van der Waals surface area (Å²) in [6, 6.07) is 0.543. The van der Waals surface area contributed by atoms with E-state index in [4.69, 9.17) is 4.98 Å². The van der Waals surface area contributed by atoms with Crippen LogP contribution in [0.4, 0.5) is 0 Å². The first-order valence-corrected chi connectivity index (χ1v) is 7.98. The van der Waals surface area contributed by atoms with Crippen molar-refractivity contribution in [3.63, 3.8) is 0 Å². The molecule has 1 aromatic rings. The Bertz CT molecular complexity index is 369. The van der Waals surface area contributed by atoms with Crippen LogP contribution in [0, 0.1) is 6.92 Å². The van der Waals surface area contributed by atoms with Crippen LogP contribution in [-0.4, -0.2) is 36.1 Å². The summed E-state index contributed by atoms with van der Waals surface area (Å²) in [6.07, 6.45) is 3.52. The lowest BCUT2D eigenvalue weighted by molar-refractivity contribution is 0.164. The van der Waals surface area contributed by atoms with Gasteiger partial charge in [0, 0.05) is 31.1 Å². The van der Waals surface area contributed by atoms with Gasteiger partial charge in [-0.2, -0.15) is 0 Å². The van der Waals surface area contributed by atoms with E-state index < -0.39 is 0 Å². The number of rotatable bonds is 5. The minimum Gasteiger partial charge on any atom is -0.314 e. The average molecular weight is 267 g/mol. The molecule has 102 valence electrons. The van der Waals surface area contributed by atoms with E-state index in [1.807, 2.05) is 11.3 Å². The molecule has 1 aliphatic rings. The summed E-state index contributed by atoms with van der Waals surface area (Å²) < 4.78 is 0. The van der Waals surface area contributed by atoms with Crippen LogP contribution < -0.4 is 5.32 Å². The number of hydrogen-bond donors (Lipinski definition) is 1. The van der Waals surface area contributed by atoms with Gasteiger partial charge in [-0.25, -0.2) is 4.98 Å². The predicted octanol–water partition coefficient (Wildman–Crippen LogP) is 2.76. The third kappa shape index (κ3) is 3.11. The second-order valence-corrected chi connectivity index (χ2v) is 6.23. The summed E-state index contributed by atoms with van der Waals surface area (Å²) in [6.45, 7) is 11.2. The van der Waals surface area contributed by atoms with Crippen molar-refractivity contribution in [2.75, 3.05) is 26.2 Å². The highest BCUT2D eigenvalue weighted by Crippen LogP contribution is 2.31. The van der Waals surface area contributed by atoms with Crippen LogP contribution in [-0.2, 0) is 6.42 Å². The van der Waals surface area contributed by atoms with E-state index in [0.717, 1.165) is 32.6 Å². The van der Waals surface area contributed by atoms with Crippen molar-refractivity contribution < 1.29 is 0 Å². The van der Waals surface area contributed by atoms with Crippen LogP contribution in [0.15, 0.2) is 0 Å². The minimum absolute atomic E-state index is 0.543. The summed E-state index contributed by atoms with van der Waals surface area (Å²) in [4.78, 5) is 8.89. The van der Waals surface area contributed by atoms with Crippen molar-refractivity contribution in [1.82, 2.24) is 15.2 Å². The Balaban J connectivity index is 2.16. The first-order valence-electron chi connectivity index (χ1n) is 7.17. The van der Waals surface area contributed by atoms with Crippen LogP contribution in [0.2, 0.25) is 0 Å². The van der Waals surface area contributed by atoms with Gasteiger partial charge in [0.25, 0.3) is 0 Å². The average Bonchev–Trinajstić information content (AvgIpc) is 2.78. The molecule has 0 bridgehead atoms. The zero-order chi connectivity index (χ0) is 13.0. The molecule has 1 aromatic heterocycles. The highest BCUT2D eigenvalue weighted by atomic mass is 32.1. The molecule has 3 nitrogen and oxygen atoms in total. The Hall–Kier alpha value is -0.450. The van der Waals surface area contributed by atoms with Gasteiger partial charge in [-0.3, -0.25) is 4.90 Å². The molecular weight excluding hydrogens is 242 g/mol. The summed E-state index contributed by atoms with van der Waals surface area (Å²) >= 11 is 1.91. The fourth-order valence-corrected chi connectivity index (χ4v) is 3.83. The molecule has 2 heterocycles. The van der Waals surface area contributed by atoms with Gasteiger partial charge in [-0.05, 0) is 19.8 Å². The molecule has 2 rings (SSSR count). The molecule has 1 aliphatic heterocycles. The molecule has 1 N–H and O–H groups in total. The Morgan fingerprint density at radius 3 is 2.61 bits per heavy atom. The molecule has 4 heteroatoms. The Morgan fingerprint density at radius 2 is 2.06 bits per heavy atom. The maximum Gasteiger partial charge on any atom is 0.110 e. The highest BCUT2D eigenvalue weighted by Gasteiger charge is 2.24. The third-order valence-electron chi connectivity index (χ3n) is 3.68. The molecule has 0 saturated carbocycles. The van der Waals surface area contributed by atoms with Crippen molar-refractivity contribution in [3.8, 4) is 0 Å². The standard InChI is InChI=1S/C14H25N3S/c1-4-6-13(17-9-7-15-8-10-17)14-16-12(5-2)11(3)18-14/h13,15H,4-10H2,1-3H3. The SMILES string of the molecule is CCCC(c1nc(CC)c(C)s1)N1CCNCC1. The van der Waals surface area contributed by atoms with Gasteiger partial charge in [-0.15, -0.1) is 11.3 Å². The molecule has 0 aromatic carbocycles. The number of aryl methyl sites for hydroxylation is 2. The summed E-state index contributed by atoms with van der Waals surface area (Å²) in [7, 11) is 0. The number of nitrogens with zero attached hydrogens (tertiary/aromatic N) is 2. The fourth-order valence-electron chi connectivity index (χ4n) is 2.65. The van der Waals surface area contributed by atoms with Crippen molar-refractivity contribution in [2.45, 2.75) is 46.1 Å². The van der Waals surface area contributed by atoms with Crippen LogP contribution >= 0.6 is 11.3 Å². The minimum atomic E-state index is 0.543. The molecule has 0 radical (unpaired) electrons. The number of nitrogens with one attached hydrogen (secondary N) is 1. The summed E-state index contributed by atoms with van der Waals surface area (Å²) in [5, 5.41) is 4.77. The lowest BCUT2D eigenvalue weighted by Crippen LogP contribution is -2.45. The van der Waals surface area contributed by atoms with E-state index in [9.17, 15) is 0 Å². The second kappa shape index (κ2) is 6.64. The van der Waals surface area contributed by atoms with Gasteiger partial charge < -0.3 is 5.32 Å². The van der Waals surface area contributed by atoms with Gasteiger partial charge in [0.1, 0.15) is 5.01 Å². The van der Waals surface area contributed by atoms with E-state index >= 15 is 0 Å². The second-order valence-electron chi connectivity index (χ2n) is 5.00. The number of piperazine rings is 1. The van der Waals surface area contributed by atoms with Crippen LogP contribution in [0.1, 0.15) is 48.3 Å². The molecule has 1 saturated heterocycles. The Kier molecular flexibility index (Phi) is 5.15. The van der Waals surface area contributed by atoms with Crippen LogP contribution in [0.5, 0.6) is 0 Å². The number of aromatic nitrogens is 1. The van der Waals surface area contributed by atoms with E-state index in [0.29, 0.717) is 6.04 Å². The van der Waals surface area contributed by atoms with E-state index in [1.54, 1.807) is 0 Å². The van der Waals surface area contributed by atoms with Crippen molar-refractivity contribution in [3.05, 3.63) is 15.6 Å². The van der Waals surface area contributed by atoms with Crippen molar-refractivity contribution in [2.24, 2.45) is 0 Å². The predicted molar refractivity (Wildman–Crippen MR) is 78.3 cm³/mol. The van der Waals surface area contributed by atoms with Crippen LogP contribution in [0.3, 0.4) is 0 Å². The quantitative estimate of drug-likeness (QED) is 0.889. The fraction of sp³-hybridized carbons (Fsp3) is 0.786. The molecule has 18 heavy (non-hydrogen) atoms. The number of thiazole rings is 1. The molecule has 1 unspecified atom stereocenters. The van der Waals surface area contributed by atoms with E-state index in [1.165, 1.54) is 28.4 Å². The van der Waals surface area contributed by atoms with E-state index in [-0.39, 0.29) is 0 Å². The zero-order valence-electron chi connectivity index (χ0n) is 11.8. The summed E-state index contributed by atoms with van der Waals surface area (Å²) in [5.74, 6) is 0. The third-order valence-corrected chi connectivity index (χ3v) is 4.80. The molecule has 1 atom stereocenters. The number of hydrogen-bond acceptors (Lipinski definition) is 4. The summed E-state index contributed by atoms with van der Waals surface area (Å²) in [5.41, 5.74) is 1.30. The maximum atomic E-state index is 4.88. The molecule has 0 amide bonds.